The Kier molecular flexibility index (Phi) is 7.32. The summed E-state index contributed by atoms with van der Waals surface area (Å²) in [6.07, 6.45) is 5.03. The lowest BCUT2D eigenvalue weighted by molar-refractivity contribution is 0.453. The first-order valence-electron chi connectivity index (χ1n) is 7.47. The Labute approximate surface area is 110 Å². The molecular weight excluding hydrogens is 207 g/mol. The maximum Gasteiger partial charge on any atom is 0.289 e. The highest BCUT2D eigenvalue weighted by Crippen LogP contribution is 2.13. The molecule has 1 heterocycles. The molecule has 1 rings (SSSR count). The highest BCUT2D eigenvalue weighted by Gasteiger charge is 2.35. The zero-order valence-electron chi connectivity index (χ0n) is 12.3. The van der Waals surface area contributed by atoms with E-state index in [1.165, 1.54) is 60.3 Å². The van der Waals surface area contributed by atoms with Crippen LogP contribution in [0.5, 0.6) is 0 Å². The highest BCUT2D eigenvalue weighted by molar-refractivity contribution is 6.74. The second-order valence-electron chi connectivity index (χ2n) is 5.19. The molecule has 1 aliphatic heterocycles. The molecular formula is C11H28B3N3. The van der Waals surface area contributed by atoms with Crippen LogP contribution < -0.4 is 0 Å². The van der Waals surface area contributed by atoms with Gasteiger partial charge in [-0.3, -0.25) is 0 Å². The lowest BCUT2D eigenvalue weighted by atomic mass is 9.56. The summed E-state index contributed by atoms with van der Waals surface area (Å²) in [4.78, 5) is 0. The maximum absolute atomic E-state index is 2.66. The van der Waals surface area contributed by atoms with Crippen molar-refractivity contribution in [3.05, 3.63) is 0 Å². The zero-order valence-corrected chi connectivity index (χ0v) is 12.3. The third-order valence-corrected chi connectivity index (χ3v) is 3.53. The molecule has 0 aromatic heterocycles. The first-order chi connectivity index (χ1) is 8.26. The molecule has 1 aliphatic rings. The molecule has 0 atom stereocenters. The summed E-state index contributed by atoms with van der Waals surface area (Å²) in [7, 11) is 2.33. The SMILES string of the molecule is CCCN1BN(CCC)B(CC)N(CCC)B1. The van der Waals surface area contributed by atoms with Crippen molar-refractivity contribution in [3.63, 3.8) is 0 Å². The molecule has 0 aromatic rings. The van der Waals surface area contributed by atoms with E-state index in [0.29, 0.717) is 6.98 Å². The summed E-state index contributed by atoms with van der Waals surface area (Å²) in [6.45, 7) is 13.6. The van der Waals surface area contributed by atoms with Crippen LogP contribution in [0.4, 0.5) is 0 Å². The molecule has 0 bridgehead atoms. The zero-order chi connectivity index (χ0) is 12.7. The van der Waals surface area contributed by atoms with Crippen molar-refractivity contribution in [3.8, 4) is 0 Å². The van der Waals surface area contributed by atoms with Crippen LogP contribution in [-0.2, 0) is 0 Å². The molecule has 0 saturated carbocycles. The summed E-state index contributed by atoms with van der Waals surface area (Å²) in [6, 6.07) is 0. The van der Waals surface area contributed by atoms with Gasteiger partial charge < -0.3 is 14.2 Å². The molecule has 0 spiro atoms. The summed E-state index contributed by atoms with van der Waals surface area (Å²) in [5, 5.41) is 0. The predicted octanol–water partition coefficient (Wildman–Crippen LogP) is 1.18. The third kappa shape index (κ3) is 4.34. The van der Waals surface area contributed by atoms with E-state index in [1.807, 2.05) is 0 Å². The topological polar surface area (TPSA) is 9.72 Å². The van der Waals surface area contributed by atoms with E-state index in [2.05, 4.69) is 41.9 Å². The largest absolute Gasteiger partial charge is 0.363 e. The number of hydrogen-bond acceptors (Lipinski definition) is 3. The Bertz CT molecular complexity index is 190. The highest BCUT2D eigenvalue weighted by atomic mass is 15.3. The minimum Gasteiger partial charge on any atom is -0.363 e. The molecule has 0 radical (unpaired) electrons. The molecule has 0 N–H and O–H groups in total. The average molecular weight is 235 g/mol. The van der Waals surface area contributed by atoms with Crippen LogP contribution in [0.3, 0.4) is 0 Å². The third-order valence-electron chi connectivity index (χ3n) is 3.53. The summed E-state index contributed by atoms with van der Waals surface area (Å²) < 4.78 is 7.92. The van der Waals surface area contributed by atoms with Crippen molar-refractivity contribution >= 4 is 22.1 Å². The number of nitrogens with zero attached hydrogens (tertiary/aromatic N) is 3. The summed E-state index contributed by atoms with van der Waals surface area (Å²) >= 11 is 0. The van der Waals surface area contributed by atoms with Gasteiger partial charge in [0.25, 0.3) is 22.1 Å². The Morgan fingerprint density at radius 1 is 0.765 bits per heavy atom. The Balaban J connectivity index is 2.64. The molecule has 0 aromatic carbocycles. The van der Waals surface area contributed by atoms with E-state index in [9.17, 15) is 0 Å². The van der Waals surface area contributed by atoms with Crippen LogP contribution in [0.1, 0.15) is 47.0 Å². The molecule has 1 saturated heterocycles. The van der Waals surface area contributed by atoms with Crippen LogP contribution in [-0.4, -0.2) is 55.9 Å². The standard InChI is InChI=1S/C11H28B3N3/c1-5-9-15-12-16(10-6-2)14(8-4)17(13-15)11-7-3/h12-13H,5-11H2,1-4H3. The Morgan fingerprint density at radius 2 is 1.24 bits per heavy atom. The Morgan fingerprint density at radius 3 is 1.59 bits per heavy atom. The van der Waals surface area contributed by atoms with E-state index in [0.717, 1.165) is 0 Å². The van der Waals surface area contributed by atoms with Crippen molar-refractivity contribution in [2.75, 3.05) is 19.6 Å². The summed E-state index contributed by atoms with van der Waals surface area (Å²) in [5.74, 6) is 0. The first kappa shape index (κ1) is 15.1. The van der Waals surface area contributed by atoms with E-state index >= 15 is 0 Å². The van der Waals surface area contributed by atoms with Crippen molar-refractivity contribution in [2.24, 2.45) is 0 Å². The fourth-order valence-electron chi connectivity index (χ4n) is 2.97. The summed E-state index contributed by atoms with van der Waals surface area (Å²) in [5.41, 5.74) is 0. The number of hydrogen-bond donors (Lipinski definition) is 0. The maximum atomic E-state index is 2.66. The molecule has 6 heteroatoms. The van der Waals surface area contributed by atoms with Gasteiger partial charge in [0.15, 0.2) is 0 Å². The van der Waals surface area contributed by atoms with Gasteiger partial charge >= 0.3 is 0 Å². The second-order valence-corrected chi connectivity index (χ2v) is 5.19. The minimum atomic E-state index is 0.669. The monoisotopic (exact) mass is 235 g/mol. The average Bonchev–Trinajstić information content (AvgIpc) is 2.30. The van der Waals surface area contributed by atoms with E-state index in [-0.39, 0.29) is 0 Å². The van der Waals surface area contributed by atoms with Crippen molar-refractivity contribution in [1.82, 2.24) is 14.2 Å². The van der Waals surface area contributed by atoms with Crippen molar-refractivity contribution in [2.45, 2.75) is 53.3 Å². The lowest BCUT2D eigenvalue weighted by Crippen LogP contribution is -2.67. The van der Waals surface area contributed by atoms with Gasteiger partial charge in [-0.15, -0.1) is 0 Å². The van der Waals surface area contributed by atoms with Gasteiger partial charge in [-0.1, -0.05) is 27.7 Å². The Hall–Kier alpha value is 0.0748. The molecule has 0 aliphatic carbocycles. The van der Waals surface area contributed by atoms with Gasteiger partial charge in [0.05, 0.1) is 0 Å². The van der Waals surface area contributed by atoms with Crippen LogP contribution in [0, 0.1) is 0 Å². The van der Waals surface area contributed by atoms with Gasteiger partial charge in [0, 0.05) is 0 Å². The van der Waals surface area contributed by atoms with E-state index in [1.54, 1.807) is 0 Å². The molecule has 0 unspecified atom stereocenters. The molecule has 0 amide bonds. The smallest absolute Gasteiger partial charge is 0.289 e. The van der Waals surface area contributed by atoms with Crippen LogP contribution >= 0.6 is 0 Å². The van der Waals surface area contributed by atoms with E-state index < -0.39 is 0 Å². The van der Waals surface area contributed by atoms with Crippen LogP contribution in [0.2, 0.25) is 6.32 Å². The molecule has 96 valence electrons. The first-order valence-corrected chi connectivity index (χ1v) is 7.47. The van der Waals surface area contributed by atoms with Gasteiger partial charge in [0.1, 0.15) is 0 Å². The molecule has 1 fully saturated rings. The van der Waals surface area contributed by atoms with Crippen molar-refractivity contribution < 1.29 is 0 Å². The van der Waals surface area contributed by atoms with Gasteiger partial charge in [-0.25, -0.2) is 0 Å². The van der Waals surface area contributed by atoms with E-state index in [4.69, 9.17) is 0 Å². The van der Waals surface area contributed by atoms with Crippen LogP contribution in [0.25, 0.3) is 0 Å². The van der Waals surface area contributed by atoms with Gasteiger partial charge in [-0.2, -0.15) is 0 Å². The number of rotatable bonds is 7. The molecule has 17 heavy (non-hydrogen) atoms. The van der Waals surface area contributed by atoms with Gasteiger partial charge in [-0.05, 0) is 45.2 Å². The quantitative estimate of drug-likeness (QED) is 0.613. The second kappa shape index (κ2) is 8.22. The lowest BCUT2D eigenvalue weighted by Gasteiger charge is -2.45. The predicted molar refractivity (Wildman–Crippen MR) is 81.5 cm³/mol. The fraction of sp³-hybridized carbons (Fsp3) is 1.00. The van der Waals surface area contributed by atoms with Gasteiger partial charge in [0.2, 0.25) is 0 Å². The van der Waals surface area contributed by atoms with Crippen molar-refractivity contribution in [1.29, 1.82) is 0 Å². The van der Waals surface area contributed by atoms with Crippen LogP contribution in [0.15, 0.2) is 0 Å². The molecule has 3 nitrogen and oxygen atoms in total. The normalized spacial score (nSPS) is 19.2. The fourth-order valence-corrected chi connectivity index (χ4v) is 2.97. The minimum absolute atomic E-state index is 0.669.